The number of unbranched alkanes of at least 4 members (excludes halogenated alkanes) is 1. The summed E-state index contributed by atoms with van der Waals surface area (Å²) < 4.78 is 5.09. The molecule has 6 N–H and O–H groups in total. The quantitative estimate of drug-likeness (QED) is 0.139. The number of nitrogens with two attached hydrogens (primary N) is 1. The molecule has 2 unspecified atom stereocenters. The first-order valence-electron chi connectivity index (χ1n) is 15.4. The van der Waals surface area contributed by atoms with Crippen LogP contribution in [-0.2, 0) is 25.5 Å². The number of ketones is 2. The zero-order chi connectivity index (χ0) is 33.1. The molecule has 8 atom stereocenters. The molecule has 0 saturated heterocycles. The van der Waals surface area contributed by atoms with Gasteiger partial charge in [-0.15, -0.1) is 0 Å². The molecule has 10 nitrogen and oxygen atoms in total. The Balaban J connectivity index is 1.90. The summed E-state index contributed by atoms with van der Waals surface area (Å²) in [4.78, 5) is 52.9. The van der Waals surface area contributed by atoms with Gasteiger partial charge in [0.25, 0.3) is 0 Å². The number of primary amides is 1. The van der Waals surface area contributed by atoms with Gasteiger partial charge in [0.1, 0.15) is 17.8 Å². The van der Waals surface area contributed by atoms with Crippen molar-refractivity contribution in [1.82, 2.24) is 0 Å². The Bertz CT molecular complexity index is 1450. The fourth-order valence-electron chi connectivity index (χ4n) is 8.70. The number of amides is 1. The maximum absolute atomic E-state index is 14.4. The van der Waals surface area contributed by atoms with Gasteiger partial charge >= 0.3 is 5.97 Å². The molecule has 44 heavy (non-hydrogen) atoms. The number of phenolic OH excluding ortho intramolecular Hbond substituents is 1. The molecule has 2 saturated carbocycles. The molecule has 2 fully saturated rings. The standard InChI is InChI=1S/C34H45NO9/c1-8-9-12-44-21(36)11-10-18-13-19(16(2)3)20-14-32(6)15-33(7)24(17(4)5)28(39)23(31(35)42)29(40)34(33,43)30(41)25(32)27(38)22(20)26(18)37/h13,16-17,23-25,28,30,37,39,41,43H,8-9,12,14-15H2,1-7H3,(H2,35,42)/t23-,24+,25-,28?,30?,32-,33-,34+/m1/s1. The minimum atomic E-state index is -2.59. The number of ether oxygens (including phenoxy) is 1. The lowest BCUT2D eigenvalue weighted by molar-refractivity contribution is -0.265. The van der Waals surface area contributed by atoms with Crippen molar-refractivity contribution >= 4 is 23.4 Å². The highest BCUT2D eigenvalue weighted by atomic mass is 16.5. The first-order valence-corrected chi connectivity index (χ1v) is 15.4. The van der Waals surface area contributed by atoms with Gasteiger partial charge in [0.2, 0.25) is 5.91 Å². The molecule has 0 aromatic heterocycles. The van der Waals surface area contributed by atoms with Crippen molar-refractivity contribution in [2.75, 3.05) is 6.61 Å². The topological polar surface area (TPSA) is 184 Å². The first-order chi connectivity index (χ1) is 20.4. The maximum atomic E-state index is 14.4. The average molecular weight is 612 g/mol. The van der Waals surface area contributed by atoms with Crippen molar-refractivity contribution in [1.29, 1.82) is 0 Å². The minimum Gasteiger partial charge on any atom is -0.506 e. The number of carbonyl (C=O) groups is 4. The number of aromatic hydroxyl groups is 1. The SMILES string of the molecule is CCCCOC(=O)C#Cc1cc(C(C)C)c2c(c1O)C(=O)[C@@H]1C(O)[C@@]3(O)C(=O)[C@H](C(N)=O)C(O)[C@H](C(C)C)[C@@]3(C)C[C@@]1(C)C2. The minimum absolute atomic E-state index is 0.0382. The third-order valence-electron chi connectivity index (χ3n) is 10.5. The highest BCUT2D eigenvalue weighted by Crippen LogP contribution is 2.66. The van der Waals surface area contributed by atoms with Crippen LogP contribution in [0.1, 0.15) is 101 Å². The molecule has 0 radical (unpaired) electrons. The first kappa shape index (κ1) is 33.6. The van der Waals surface area contributed by atoms with Crippen molar-refractivity contribution < 1.29 is 44.3 Å². The molecule has 4 rings (SSSR count). The molecule has 10 heteroatoms. The van der Waals surface area contributed by atoms with Crippen LogP contribution in [0.15, 0.2) is 6.07 Å². The summed E-state index contributed by atoms with van der Waals surface area (Å²) in [6.07, 6.45) is -1.68. The van der Waals surface area contributed by atoms with Crippen LogP contribution in [0, 0.1) is 46.3 Å². The van der Waals surface area contributed by atoms with E-state index in [9.17, 15) is 39.6 Å². The van der Waals surface area contributed by atoms with Crippen molar-refractivity contribution in [3.8, 4) is 17.6 Å². The van der Waals surface area contributed by atoms with E-state index in [2.05, 4.69) is 11.8 Å². The van der Waals surface area contributed by atoms with Gasteiger partial charge in [-0.3, -0.25) is 14.4 Å². The van der Waals surface area contributed by atoms with Crippen LogP contribution in [0.4, 0.5) is 0 Å². The Morgan fingerprint density at radius 1 is 1.16 bits per heavy atom. The molecular formula is C34H45NO9. The lowest BCUT2D eigenvalue weighted by atomic mass is 9.39. The van der Waals surface area contributed by atoms with Gasteiger partial charge in [0.05, 0.1) is 29.8 Å². The smallest absolute Gasteiger partial charge is 0.384 e. The van der Waals surface area contributed by atoms with E-state index in [-0.39, 0.29) is 42.4 Å². The van der Waals surface area contributed by atoms with Gasteiger partial charge in [-0.05, 0) is 59.6 Å². The summed E-state index contributed by atoms with van der Waals surface area (Å²) in [7, 11) is 0. The molecular weight excluding hydrogens is 566 g/mol. The highest BCUT2D eigenvalue weighted by Gasteiger charge is 2.76. The predicted molar refractivity (Wildman–Crippen MR) is 160 cm³/mol. The number of fused-ring (bicyclic) bond motifs is 3. The average Bonchev–Trinajstić information content (AvgIpc) is 2.89. The van der Waals surface area contributed by atoms with Gasteiger partial charge in [-0.2, -0.15) is 0 Å². The van der Waals surface area contributed by atoms with Gasteiger partial charge < -0.3 is 30.9 Å². The molecule has 1 aromatic rings. The van der Waals surface area contributed by atoms with E-state index in [1.165, 1.54) is 0 Å². The van der Waals surface area contributed by atoms with E-state index < -0.39 is 75.6 Å². The summed E-state index contributed by atoms with van der Waals surface area (Å²) >= 11 is 0. The molecule has 240 valence electrons. The molecule has 0 spiro atoms. The summed E-state index contributed by atoms with van der Waals surface area (Å²) in [5.74, 6) is -3.54. The summed E-state index contributed by atoms with van der Waals surface area (Å²) in [5.41, 5.74) is 1.75. The van der Waals surface area contributed by atoms with Crippen LogP contribution in [0.25, 0.3) is 0 Å². The third-order valence-corrected chi connectivity index (χ3v) is 10.5. The van der Waals surface area contributed by atoms with Crippen molar-refractivity contribution in [3.05, 3.63) is 28.3 Å². The number of aliphatic hydroxyl groups excluding tert-OH is 2. The Morgan fingerprint density at radius 2 is 1.80 bits per heavy atom. The van der Waals surface area contributed by atoms with E-state index in [0.717, 1.165) is 12.0 Å². The van der Waals surface area contributed by atoms with Gasteiger partial charge in [-0.25, -0.2) is 4.79 Å². The van der Waals surface area contributed by atoms with E-state index in [0.29, 0.717) is 12.0 Å². The van der Waals surface area contributed by atoms with E-state index in [4.69, 9.17) is 10.5 Å². The molecule has 0 aliphatic heterocycles. The second-order valence-electron chi connectivity index (χ2n) is 14.1. The van der Waals surface area contributed by atoms with Gasteiger partial charge in [0, 0.05) is 11.3 Å². The number of hydrogen-bond donors (Lipinski definition) is 5. The number of benzene rings is 1. The number of hydrogen-bond acceptors (Lipinski definition) is 9. The lowest BCUT2D eigenvalue weighted by Crippen LogP contribution is -2.79. The Kier molecular flexibility index (Phi) is 8.86. The molecule has 3 aliphatic rings. The van der Waals surface area contributed by atoms with Gasteiger partial charge in [-0.1, -0.05) is 60.8 Å². The molecule has 0 bridgehead atoms. The lowest BCUT2D eigenvalue weighted by Gasteiger charge is -2.66. The number of carbonyl (C=O) groups excluding carboxylic acids is 4. The van der Waals surface area contributed by atoms with Crippen molar-refractivity contribution in [2.24, 2.45) is 40.2 Å². The van der Waals surface area contributed by atoms with Crippen LogP contribution in [0.3, 0.4) is 0 Å². The van der Waals surface area contributed by atoms with Crippen LogP contribution < -0.4 is 5.73 Å². The zero-order valence-corrected chi connectivity index (χ0v) is 26.6. The number of Topliss-reactive ketones (excluding diaryl/α,β-unsaturated/α-hetero) is 2. The molecule has 0 heterocycles. The molecule has 3 aliphatic carbocycles. The van der Waals surface area contributed by atoms with Crippen molar-refractivity contribution in [2.45, 2.75) is 97.9 Å². The second-order valence-corrected chi connectivity index (χ2v) is 14.1. The maximum Gasteiger partial charge on any atom is 0.384 e. The summed E-state index contributed by atoms with van der Waals surface area (Å²) in [6.45, 7) is 13.0. The van der Waals surface area contributed by atoms with Gasteiger partial charge in [0.15, 0.2) is 17.2 Å². The Morgan fingerprint density at radius 3 is 2.34 bits per heavy atom. The Hall–Kier alpha value is -3.26. The normalized spacial score (nSPS) is 34.5. The monoisotopic (exact) mass is 611 g/mol. The molecule has 1 amide bonds. The second kappa shape index (κ2) is 11.6. The fraction of sp³-hybridized carbons (Fsp3) is 0.647. The van der Waals surface area contributed by atoms with Crippen LogP contribution in [0.5, 0.6) is 5.75 Å². The number of esters is 1. The zero-order valence-electron chi connectivity index (χ0n) is 26.6. The molecule has 1 aromatic carbocycles. The number of aliphatic hydroxyl groups is 3. The fourth-order valence-corrected chi connectivity index (χ4v) is 8.70. The highest BCUT2D eigenvalue weighted by molar-refractivity contribution is 6.09. The summed E-state index contributed by atoms with van der Waals surface area (Å²) in [5, 5.41) is 46.9. The number of phenols is 1. The van der Waals surface area contributed by atoms with Crippen molar-refractivity contribution in [3.63, 3.8) is 0 Å². The van der Waals surface area contributed by atoms with E-state index in [1.54, 1.807) is 26.8 Å². The third kappa shape index (κ3) is 4.84. The van der Waals surface area contributed by atoms with E-state index in [1.807, 2.05) is 27.7 Å². The predicted octanol–water partition coefficient (Wildman–Crippen LogP) is 2.39. The van der Waals surface area contributed by atoms with E-state index >= 15 is 0 Å². The summed E-state index contributed by atoms with van der Waals surface area (Å²) in [6, 6.07) is 1.65. The van der Waals surface area contributed by atoms with Crippen LogP contribution in [-0.4, -0.2) is 68.3 Å². The largest absolute Gasteiger partial charge is 0.506 e. The Labute approximate surface area is 258 Å². The van der Waals surface area contributed by atoms with Crippen LogP contribution in [0.2, 0.25) is 0 Å². The number of rotatable bonds is 6. The van der Waals surface area contributed by atoms with Crippen LogP contribution >= 0.6 is 0 Å².